The minimum Gasteiger partial charge on any atom is -0.465 e. The zero-order valence-corrected chi connectivity index (χ0v) is 16.3. The van der Waals surface area contributed by atoms with Crippen molar-refractivity contribution in [1.82, 2.24) is 24.4 Å². The summed E-state index contributed by atoms with van der Waals surface area (Å²) in [5.74, 6) is 0.664. The van der Waals surface area contributed by atoms with Crippen molar-refractivity contribution in [3.05, 3.63) is 24.0 Å². The van der Waals surface area contributed by atoms with Crippen molar-refractivity contribution < 1.29 is 19.0 Å². The summed E-state index contributed by atoms with van der Waals surface area (Å²) < 4.78 is 22.1. The van der Waals surface area contributed by atoms with Crippen LogP contribution in [0, 0.1) is 12.7 Å². The lowest BCUT2D eigenvalue weighted by Crippen LogP contribution is -2.41. The Morgan fingerprint density at radius 3 is 2.62 bits per heavy atom. The highest BCUT2D eigenvalue weighted by Gasteiger charge is 2.25. The average molecular weight is 404 g/mol. The number of nitrogens with one attached hydrogen (secondary N) is 1. The highest BCUT2D eigenvalue weighted by atomic mass is 19.1. The lowest BCUT2D eigenvalue weighted by molar-refractivity contribution is 0.0694. The van der Waals surface area contributed by atoms with Crippen LogP contribution in [0.1, 0.15) is 37.5 Å². The van der Waals surface area contributed by atoms with Crippen LogP contribution in [-0.4, -0.2) is 68.0 Å². The molecule has 0 radical (unpaired) electrons. The van der Waals surface area contributed by atoms with Gasteiger partial charge in [-0.25, -0.2) is 24.1 Å². The Bertz CT molecular complexity index is 875. The summed E-state index contributed by atoms with van der Waals surface area (Å²) in [6.07, 6.45) is 4.94. The minimum atomic E-state index is -0.902. The van der Waals surface area contributed by atoms with Crippen molar-refractivity contribution in [2.45, 2.75) is 44.7 Å². The number of aryl methyl sites for hydroxylation is 1. The van der Waals surface area contributed by atoms with Gasteiger partial charge in [-0.1, -0.05) is 0 Å². The summed E-state index contributed by atoms with van der Waals surface area (Å²) in [5.41, 5.74) is 0.857. The molecule has 2 saturated heterocycles. The number of piperidine rings is 1. The second-order valence-corrected chi connectivity index (χ2v) is 7.48. The topological polar surface area (TPSA) is 105 Å². The number of aromatic nitrogens is 4. The van der Waals surface area contributed by atoms with Gasteiger partial charge in [-0.3, -0.25) is 0 Å². The van der Waals surface area contributed by atoms with Crippen molar-refractivity contribution in [3.63, 3.8) is 0 Å². The molecule has 1 amide bonds. The Balaban J connectivity index is 1.55. The van der Waals surface area contributed by atoms with E-state index in [2.05, 4.69) is 20.3 Å². The second kappa shape index (κ2) is 8.32. The van der Waals surface area contributed by atoms with Gasteiger partial charge in [0.2, 0.25) is 5.95 Å². The van der Waals surface area contributed by atoms with Crippen LogP contribution in [0.4, 0.5) is 15.1 Å². The maximum absolute atomic E-state index is 14.6. The number of hydrogen-bond donors (Lipinski definition) is 2. The van der Waals surface area contributed by atoms with Crippen LogP contribution in [0.25, 0.3) is 11.4 Å². The van der Waals surface area contributed by atoms with Gasteiger partial charge in [-0.05, 0) is 32.6 Å². The molecule has 0 aromatic carbocycles. The molecule has 2 aliphatic rings. The summed E-state index contributed by atoms with van der Waals surface area (Å²) in [7, 11) is 0. The highest BCUT2D eigenvalue weighted by molar-refractivity contribution is 5.65. The number of amides is 1. The number of hydrogen-bond acceptors (Lipinski definition) is 6. The van der Waals surface area contributed by atoms with E-state index >= 15 is 0 Å². The summed E-state index contributed by atoms with van der Waals surface area (Å²) in [5, 5.41) is 12.3. The third-order valence-corrected chi connectivity index (χ3v) is 5.62. The number of rotatable bonds is 4. The largest absolute Gasteiger partial charge is 0.465 e. The lowest BCUT2D eigenvalue weighted by atomic mass is 10.1. The van der Waals surface area contributed by atoms with Gasteiger partial charge in [0.25, 0.3) is 0 Å². The van der Waals surface area contributed by atoms with Crippen LogP contribution in [-0.2, 0) is 4.74 Å². The predicted molar refractivity (Wildman–Crippen MR) is 103 cm³/mol. The standard InChI is InChI=1S/C19H25FN6O3/c1-12-21-11-16(26(12)14-4-8-29-9-5-14)17-15(20)10-22-18(24-17)23-13-2-6-25(7-3-13)19(27)28/h10-11,13-14H,2-9H2,1H3,(H,27,28)(H,22,23,24). The Morgan fingerprint density at radius 1 is 1.21 bits per heavy atom. The van der Waals surface area contributed by atoms with Crippen molar-refractivity contribution in [2.24, 2.45) is 0 Å². The summed E-state index contributed by atoms with van der Waals surface area (Å²) in [6, 6.07) is 0.249. The molecule has 0 unspecified atom stereocenters. The van der Waals surface area contributed by atoms with Gasteiger partial charge in [-0.15, -0.1) is 0 Å². The van der Waals surface area contributed by atoms with E-state index in [0.29, 0.717) is 50.8 Å². The molecule has 0 aliphatic carbocycles. The fourth-order valence-corrected chi connectivity index (χ4v) is 4.05. The first-order valence-electron chi connectivity index (χ1n) is 9.92. The van der Waals surface area contributed by atoms with Gasteiger partial charge in [0.1, 0.15) is 11.5 Å². The number of anilines is 1. The molecule has 10 heteroatoms. The van der Waals surface area contributed by atoms with E-state index in [9.17, 15) is 9.18 Å². The summed E-state index contributed by atoms with van der Waals surface area (Å²) in [4.78, 5) is 25.4. The molecule has 2 N–H and O–H groups in total. The van der Waals surface area contributed by atoms with Gasteiger partial charge in [0, 0.05) is 38.4 Å². The molecule has 4 rings (SSSR count). The molecule has 0 atom stereocenters. The van der Waals surface area contributed by atoms with Crippen LogP contribution in [0.5, 0.6) is 0 Å². The van der Waals surface area contributed by atoms with Crippen LogP contribution in [0.3, 0.4) is 0 Å². The lowest BCUT2D eigenvalue weighted by Gasteiger charge is -2.30. The molecule has 9 nitrogen and oxygen atoms in total. The van der Waals surface area contributed by atoms with E-state index in [-0.39, 0.29) is 17.8 Å². The van der Waals surface area contributed by atoms with Gasteiger partial charge >= 0.3 is 6.09 Å². The maximum atomic E-state index is 14.6. The molecule has 0 spiro atoms. The van der Waals surface area contributed by atoms with Crippen molar-refractivity contribution in [2.75, 3.05) is 31.6 Å². The Morgan fingerprint density at radius 2 is 1.93 bits per heavy atom. The number of ether oxygens (including phenoxy) is 1. The molecule has 2 aromatic heterocycles. The second-order valence-electron chi connectivity index (χ2n) is 7.48. The third-order valence-electron chi connectivity index (χ3n) is 5.62. The first-order chi connectivity index (χ1) is 14.0. The number of halogens is 1. The Kier molecular flexibility index (Phi) is 5.61. The molecule has 0 bridgehead atoms. The minimum absolute atomic E-state index is 0.0473. The SMILES string of the molecule is Cc1ncc(-c2nc(NC3CCN(C(=O)O)CC3)ncc2F)n1C1CCOCC1. The zero-order chi connectivity index (χ0) is 20.4. The van der Waals surface area contributed by atoms with Crippen LogP contribution in [0.15, 0.2) is 12.4 Å². The number of imidazole rings is 1. The van der Waals surface area contributed by atoms with Gasteiger partial charge in [0.15, 0.2) is 5.82 Å². The zero-order valence-electron chi connectivity index (χ0n) is 16.3. The summed E-state index contributed by atoms with van der Waals surface area (Å²) in [6.45, 7) is 4.17. The quantitative estimate of drug-likeness (QED) is 0.807. The van der Waals surface area contributed by atoms with Crippen LogP contribution in [0.2, 0.25) is 0 Å². The molecule has 0 saturated carbocycles. The first kappa shape index (κ1) is 19.6. The van der Waals surface area contributed by atoms with Crippen molar-refractivity contribution in [1.29, 1.82) is 0 Å². The molecule has 4 heterocycles. The number of nitrogens with zero attached hydrogens (tertiary/aromatic N) is 5. The Hall–Kier alpha value is -2.75. The van der Waals surface area contributed by atoms with Gasteiger partial charge in [0.05, 0.1) is 18.1 Å². The predicted octanol–water partition coefficient (Wildman–Crippen LogP) is 2.69. The molecule has 2 aliphatic heterocycles. The van der Waals surface area contributed by atoms with Crippen LogP contribution >= 0.6 is 0 Å². The van der Waals surface area contributed by atoms with E-state index < -0.39 is 11.9 Å². The van der Waals surface area contributed by atoms with Gasteiger partial charge < -0.3 is 24.6 Å². The molecular formula is C19H25FN6O3. The molecule has 156 valence electrons. The van der Waals surface area contributed by atoms with E-state index in [1.54, 1.807) is 6.20 Å². The van der Waals surface area contributed by atoms with Crippen molar-refractivity contribution >= 4 is 12.0 Å². The van der Waals surface area contributed by atoms with E-state index in [1.807, 2.05) is 11.5 Å². The average Bonchev–Trinajstić information content (AvgIpc) is 3.11. The third kappa shape index (κ3) is 4.16. The number of carbonyl (C=O) groups is 1. The Labute approximate surface area is 167 Å². The van der Waals surface area contributed by atoms with Gasteiger partial charge in [-0.2, -0.15) is 0 Å². The molecular weight excluding hydrogens is 379 g/mol. The highest BCUT2D eigenvalue weighted by Crippen LogP contribution is 2.30. The number of likely N-dealkylation sites (tertiary alicyclic amines) is 1. The van der Waals surface area contributed by atoms with Crippen LogP contribution < -0.4 is 5.32 Å². The van der Waals surface area contributed by atoms with Crippen molar-refractivity contribution in [3.8, 4) is 11.4 Å². The first-order valence-corrected chi connectivity index (χ1v) is 9.92. The van der Waals surface area contributed by atoms with E-state index in [0.717, 1.165) is 18.7 Å². The number of carboxylic acid groups (broad SMARTS) is 1. The monoisotopic (exact) mass is 404 g/mol. The molecule has 2 fully saturated rings. The van der Waals surface area contributed by atoms with E-state index in [1.165, 1.54) is 11.1 Å². The molecule has 2 aromatic rings. The van der Waals surface area contributed by atoms with E-state index in [4.69, 9.17) is 9.84 Å². The maximum Gasteiger partial charge on any atom is 0.407 e. The normalized spacial score (nSPS) is 18.8. The molecule has 29 heavy (non-hydrogen) atoms. The smallest absolute Gasteiger partial charge is 0.407 e. The fraction of sp³-hybridized carbons (Fsp3) is 0.579. The fourth-order valence-electron chi connectivity index (χ4n) is 4.05. The summed E-state index contributed by atoms with van der Waals surface area (Å²) >= 11 is 0.